The summed E-state index contributed by atoms with van der Waals surface area (Å²) >= 11 is 0. The van der Waals surface area contributed by atoms with Crippen molar-refractivity contribution in [1.29, 1.82) is 0 Å². The van der Waals surface area contributed by atoms with Crippen molar-refractivity contribution in [3.8, 4) is 0 Å². The number of ether oxygens (including phenoxy) is 2. The van der Waals surface area contributed by atoms with E-state index in [9.17, 15) is 4.79 Å². The Kier molecular flexibility index (Phi) is 5.45. The lowest BCUT2D eigenvalue weighted by Crippen LogP contribution is -2.41. The molecule has 27 heavy (non-hydrogen) atoms. The van der Waals surface area contributed by atoms with E-state index in [1.807, 2.05) is 18.0 Å². The minimum atomic E-state index is -0.166. The Hall–Kier alpha value is -1.93. The number of fused-ring (bicyclic) bond motifs is 1. The van der Waals surface area contributed by atoms with E-state index in [0.717, 1.165) is 76.0 Å². The van der Waals surface area contributed by atoms with E-state index in [0.29, 0.717) is 6.54 Å². The van der Waals surface area contributed by atoms with Gasteiger partial charge in [0.05, 0.1) is 25.8 Å². The predicted molar refractivity (Wildman–Crippen MR) is 101 cm³/mol. The van der Waals surface area contributed by atoms with Crippen LogP contribution in [0, 0.1) is 6.92 Å². The Labute approximate surface area is 160 Å². The van der Waals surface area contributed by atoms with Crippen LogP contribution in [0.2, 0.25) is 0 Å². The number of nitrogens with zero attached hydrogens (tertiary/aromatic N) is 5. The molecule has 8 heteroatoms. The molecule has 4 heterocycles. The van der Waals surface area contributed by atoms with Crippen LogP contribution < -0.4 is 4.90 Å². The Bertz CT molecular complexity index is 679. The normalized spacial score (nSPS) is 25.8. The topological polar surface area (TPSA) is 71.0 Å². The quantitative estimate of drug-likeness (QED) is 0.737. The highest BCUT2D eigenvalue weighted by Crippen LogP contribution is 2.31. The maximum Gasteiger partial charge on any atom is 0.410 e. The van der Waals surface area contributed by atoms with Gasteiger partial charge in [-0.15, -0.1) is 0 Å². The summed E-state index contributed by atoms with van der Waals surface area (Å²) in [7, 11) is 0. The van der Waals surface area contributed by atoms with Crippen LogP contribution in [0.15, 0.2) is 6.20 Å². The largest absolute Gasteiger partial charge is 0.442 e. The van der Waals surface area contributed by atoms with E-state index in [1.165, 1.54) is 0 Å². The first-order valence-electron chi connectivity index (χ1n) is 10.0. The number of aryl methyl sites for hydroxylation is 2. The van der Waals surface area contributed by atoms with Crippen LogP contribution in [0.5, 0.6) is 0 Å². The molecule has 3 saturated heterocycles. The minimum Gasteiger partial charge on any atom is -0.442 e. The molecular formula is C19H29N5O3. The Morgan fingerprint density at radius 1 is 1.22 bits per heavy atom. The van der Waals surface area contributed by atoms with Gasteiger partial charge in [-0.3, -0.25) is 9.80 Å². The molecule has 2 atom stereocenters. The highest BCUT2D eigenvalue weighted by Gasteiger charge is 2.48. The number of hydrogen-bond acceptors (Lipinski definition) is 7. The lowest BCUT2D eigenvalue weighted by atomic mass is 10.2. The van der Waals surface area contributed by atoms with Crippen molar-refractivity contribution in [3.05, 3.63) is 17.6 Å². The number of carbonyl (C=O) groups is 1. The van der Waals surface area contributed by atoms with Crippen molar-refractivity contribution >= 4 is 11.9 Å². The molecule has 148 valence electrons. The molecule has 4 rings (SSSR count). The third-order valence-electron chi connectivity index (χ3n) is 5.74. The van der Waals surface area contributed by atoms with Crippen LogP contribution in [0.25, 0.3) is 0 Å². The first kappa shape index (κ1) is 18.4. The van der Waals surface area contributed by atoms with Gasteiger partial charge in [0.2, 0.25) is 0 Å². The molecule has 8 nitrogen and oxygen atoms in total. The summed E-state index contributed by atoms with van der Waals surface area (Å²) < 4.78 is 11.1. The molecule has 1 amide bonds. The lowest BCUT2D eigenvalue weighted by molar-refractivity contribution is 0.0363. The van der Waals surface area contributed by atoms with Crippen LogP contribution in [-0.4, -0.2) is 90.5 Å². The Balaban J connectivity index is 1.37. The van der Waals surface area contributed by atoms with Gasteiger partial charge in [-0.25, -0.2) is 14.8 Å². The zero-order valence-electron chi connectivity index (χ0n) is 16.3. The van der Waals surface area contributed by atoms with Crippen LogP contribution in [0.4, 0.5) is 10.6 Å². The second-order valence-corrected chi connectivity index (χ2v) is 7.52. The van der Waals surface area contributed by atoms with E-state index in [2.05, 4.69) is 26.7 Å². The van der Waals surface area contributed by atoms with E-state index >= 15 is 0 Å². The molecule has 1 aromatic heterocycles. The molecule has 0 N–H and O–H groups in total. The standard InChI is InChI=1S/C19H29N5O3/c1-3-15-11-20-14(2)21-18(15)23-12-16-17(13-23)27-19(25)24(16)6-4-5-22-7-9-26-10-8-22/h11,16-17H,3-10,12-13H2,1-2H3/t16-,17+/m0/s1. The second kappa shape index (κ2) is 7.98. The lowest BCUT2D eigenvalue weighted by Gasteiger charge is -2.28. The van der Waals surface area contributed by atoms with Gasteiger partial charge < -0.3 is 14.4 Å². The smallest absolute Gasteiger partial charge is 0.410 e. The summed E-state index contributed by atoms with van der Waals surface area (Å²) in [6.07, 6.45) is 3.54. The third-order valence-corrected chi connectivity index (χ3v) is 5.74. The molecule has 3 aliphatic rings. The van der Waals surface area contributed by atoms with Crippen molar-refractivity contribution in [2.24, 2.45) is 0 Å². The summed E-state index contributed by atoms with van der Waals surface area (Å²) in [6, 6.07) is 0.113. The zero-order chi connectivity index (χ0) is 18.8. The highest BCUT2D eigenvalue weighted by molar-refractivity contribution is 5.71. The fourth-order valence-corrected chi connectivity index (χ4v) is 4.23. The van der Waals surface area contributed by atoms with Crippen molar-refractivity contribution in [1.82, 2.24) is 19.8 Å². The van der Waals surface area contributed by atoms with Crippen molar-refractivity contribution < 1.29 is 14.3 Å². The van der Waals surface area contributed by atoms with Crippen molar-refractivity contribution in [3.63, 3.8) is 0 Å². The maximum absolute atomic E-state index is 12.3. The van der Waals surface area contributed by atoms with E-state index in [-0.39, 0.29) is 18.2 Å². The van der Waals surface area contributed by atoms with E-state index < -0.39 is 0 Å². The molecule has 3 aliphatic heterocycles. The van der Waals surface area contributed by atoms with Gasteiger partial charge in [-0.2, -0.15) is 0 Å². The molecule has 0 bridgehead atoms. The van der Waals surface area contributed by atoms with Crippen LogP contribution >= 0.6 is 0 Å². The van der Waals surface area contributed by atoms with Gasteiger partial charge >= 0.3 is 6.09 Å². The fraction of sp³-hybridized carbons (Fsp3) is 0.737. The number of hydrogen-bond donors (Lipinski definition) is 0. The monoisotopic (exact) mass is 375 g/mol. The minimum absolute atomic E-state index is 0.0686. The van der Waals surface area contributed by atoms with Crippen molar-refractivity contribution in [2.45, 2.75) is 38.8 Å². The molecule has 3 fully saturated rings. The Morgan fingerprint density at radius 2 is 2.04 bits per heavy atom. The van der Waals surface area contributed by atoms with Crippen LogP contribution in [0.3, 0.4) is 0 Å². The molecule has 0 saturated carbocycles. The Morgan fingerprint density at radius 3 is 2.81 bits per heavy atom. The van der Waals surface area contributed by atoms with Gasteiger partial charge in [0.25, 0.3) is 0 Å². The predicted octanol–water partition coefficient (Wildman–Crippen LogP) is 1.08. The SMILES string of the molecule is CCc1cnc(C)nc1N1C[C@H]2OC(=O)N(CCCN3CCOCC3)[C@H]2C1. The van der Waals surface area contributed by atoms with Gasteiger partial charge in [0.1, 0.15) is 17.7 Å². The zero-order valence-corrected chi connectivity index (χ0v) is 16.3. The maximum atomic E-state index is 12.3. The summed E-state index contributed by atoms with van der Waals surface area (Å²) in [5.41, 5.74) is 1.14. The summed E-state index contributed by atoms with van der Waals surface area (Å²) in [6.45, 7) is 10.8. The molecule has 0 spiro atoms. The fourth-order valence-electron chi connectivity index (χ4n) is 4.23. The summed E-state index contributed by atoms with van der Waals surface area (Å²) in [5, 5.41) is 0. The van der Waals surface area contributed by atoms with Gasteiger partial charge in [0.15, 0.2) is 0 Å². The molecule has 0 radical (unpaired) electrons. The summed E-state index contributed by atoms with van der Waals surface area (Å²) in [4.78, 5) is 27.9. The van der Waals surface area contributed by atoms with Crippen LogP contribution in [-0.2, 0) is 15.9 Å². The first-order chi connectivity index (χ1) is 13.2. The second-order valence-electron chi connectivity index (χ2n) is 7.52. The number of morpholine rings is 1. The van der Waals surface area contributed by atoms with Gasteiger partial charge in [-0.1, -0.05) is 6.92 Å². The molecule has 1 aromatic rings. The average molecular weight is 375 g/mol. The molecular weight excluding hydrogens is 346 g/mol. The number of aromatic nitrogens is 2. The number of rotatable bonds is 6. The number of carbonyl (C=O) groups excluding carboxylic acids is 1. The number of amides is 1. The first-order valence-corrected chi connectivity index (χ1v) is 10.0. The third kappa shape index (κ3) is 3.87. The molecule has 0 unspecified atom stereocenters. The van der Waals surface area contributed by atoms with Crippen LogP contribution in [0.1, 0.15) is 24.7 Å². The molecule has 0 aliphatic carbocycles. The highest BCUT2D eigenvalue weighted by atomic mass is 16.6. The van der Waals surface area contributed by atoms with E-state index in [1.54, 1.807) is 0 Å². The van der Waals surface area contributed by atoms with Gasteiger partial charge in [0, 0.05) is 44.5 Å². The number of anilines is 1. The van der Waals surface area contributed by atoms with Gasteiger partial charge in [-0.05, 0) is 19.8 Å². The molecule has 0 aromatic carbocycles. The van der Waals surface area contributed by atoms with Crippen molar-refractivity contribution in [2.75, 3.05) is 57.4 Å². The summed E-state index contributed by atoms with van der Waals surface area (Å²) in [5.74, 6) is 1.77. The average Bonchev–Trinajstić information content (AvgIpc) is 3.21. The van der Waals surface area contributed by atoms with E-state index in [4.69, 9.17) is 9.47 Å².